The maximum atomic E-state index is 13.1. The lowest BCUT2D eigenvalue weighted by Crippen LogP contribution is -2.26. The van der Waals surface area contributed by atoms with Crippen LogP contribution >= 0.6 is 0 Å². The first-order valence-electron chi connectivity index (χ1n) is 11.6. The minimum atomic E-state index is -4.76. The summed E-state index contributed by atoms with van der Waals surface area (Å²) in [6, 6.07) is 8.38. The van der Waals surface area contributed by atoms with Gasteiger partial charge in [-0.2, -0.15) is 13.2 Å². The fourth-order valence-corrected chi connectivity index (χ4v) is 4.91. The summed E-state index contributed by atoms with van der Waals surface area (Å²) in [6.45, 7) is 6.20. The number of sulfonamides is 1. The highest BCUT2D eigenvalue weighted by atomic mass is 32.2. The predicted octanol–water partition coefficient (Wildman–Crippen LogP) is 5.06. The number of carbonyl (C=O) groups excluding carboxylic acids is 3. The molecule has 2 N–H and O–H groups in total. The molecule has 13 heteroatoms. The zero-order valence-corrected chi connectivity index (χ0v) is 22.1. The minimum absolute atomic E-state index is 0.0365. The number of para-hydroxylation sites is 1. The van der Waals surface area contributed by atoms with E-state index in [-0.39, 0.29) is 29.1 Å². The van der Waals surface area contributed by atoms with Crippen LogP contribution in [-0.4, -0.2) is 43.8 Å². The van der Waals surface area contributed by atoms with E-state index >= 15 is 0 Å². The van der Waals surface area contributed by atoms with Crippen molar-refractivity contribution in [3.05, 3.63) is 82.2 Å². The Morgan fingerprint density at radius 2 is 1.69 bits per heavy atom. The summed E-state index contributed by atoms with van der Waals surface area (Å²) in [5.74, 6) is -2.33. The number of Topliss-reactive ketones (excluding diaryl/α,β-unsaturated/α-hetero) is 1. The SMILES string of the molecule is CCOC(=O)c1c(C)[nH]c(C(=O)[C@@H](C)OC(=O)c2ccccc2NS(=O)(=O)c2cccc(C(F)(F)F)c2)c1C. The molecule has 0 amide bonds. The van der Waals surface area contributed by atoms with Crippen molar-refractivity contribution in [3.8, 4) is 0 Å². The summed E-state index contributed by atoms with van der Waals surface area (Å²) in [7, 11) is -4.53. The van der Waals surface area contributed by atoms with Crippen molar-refractivity contribution < 1.29 is 45.4 Å². The number of hydrogen-bond donors (Lipinski definition) is 2. The number of benzene rings is 2. The van der Waals surface area contributed by atoms with Gasteiger partial charge < -0.3 is 14.5 Å². The molecule has 1 aromatic heterocycles. The molecule has 3 rings (SSSR count). The summed E-state index contributed by atoms with van der Waals surface area (Å²) < 4.78 is 77.2. The Balaban J connectivity index is 1.83. The van der Waals surface area contributed by atoms with Gasteiger partial charge in [-0.05, 0) is 63.6 Å². The third-order valence-corrected chi connectivity index (χ3v) is 7.04. The number of alkyl halides is 3. The molecule has 0 radical (unpaired) electrons. The number of carbonyl (C=O) groups is 3. The lowest BCUT2D eigenvalue weighted by molar-refractivity contribution is -0.137. The molecule has 0 bridgehead atoms. The summed E-state index contributed by atoms with van der Waals surface area (Å²) >= 11 is 0. The normalized spacial score (nSPS) is 12.5. The van der Waals surface area contributed by atoms with Crippen LogP contribution in [0.2, 0.25) is 0 Å². The number of rotatable bonds is 9. The molecule has 1 atom stereocenters. The number of ether oxygens (including phenoxy) is 2. The first-order chi connectivity index (χ1) is 18.2. The lowest BCUT2D eigenvalue weighted by atomic mass is 10.1. The van der Waals surface area contributed by atoms with Gasteiger partial charge in [0.25, 0.3) is 10.0 Å². The third kappa shape index (κ3) is 6.48. The van der Waals surface area contributed by atoms with E-state index in [1.807, 2.05) is 0 Å². The Hall–Kier alpha value is -4.13. The largest absolute Gasteiger partial charge is 0.462 e. The second-order valence-corrected chi connectivity index (χ2v) is 10.1. The van der Waals surface area contributed by atoms with E-state index in [1.54, 1.807) is 13.8 Å². The van der Waals surface area contributed by atoms with Gasteiger partial charge in [-0.25, -0.2) is 18.0 Å². The highest BCUT2D eigenvalue weighted by Gasteiger charge is 2.32. The molecule has 0 aliphatic heterocycles. The third-order valence-electron chi connectivity index (χ3n) is 5.68. The van der Waals surface area contributed by atoms with Crippen molar-refractivity contribution in [3.63, 3.8) is 0 Å². The number of halogens is 3. The number of aromatic amines is 1. The Morgan fingerprint density at radius 3 is 2.33 bits per heavy atom. The number of nitrogens with one attached hydrogen (secondary N) is 2. The van der Waals surface area contributed by atoms with Crippen LogP contribution in [0.4, 0.5) is 18.9 Å². The molecule has 0 unspecified atom stereocenters. The molecule has 39 heavy (non-hydrogen) atoms. The van der Waals surface area contributed by atoms with Crippen LogP contribution in [0.15, 0.2) is 53.4 Å². The van der Waals surface area contributed by atoms with Crippen molar-refractivity contribution in [2.45, 2.75) is 44.9 Å². The summed E-state index contributed by atoms with van der Waals surface area (Å²) in [6.07, 6.45) is -6.11. The molecule has 0 spiro atoms. The lowest BCUT2D eigenvalue weighted by Gasteiger charge is -2.16. The zero-order valence-electron chi connectivity index (χ0n) is 21.3. The summed E-state index contributed by atoms with van der Waals surface area (Å²) in [5, 5.41) is 0. The highest BCUT2D eigenvalue weighted by molar-refractivity contribution is 7.92. The average molecular weight is 567 g/mol. The van der Waals surface area contributed by atoms with Gasteiger partial charge in [-0.15, -0.1) is 0 Å². The van der Waals surface area contributed by atoms with Gasteiger partial charge in [0, 0.05) is 5.69 Å². The maximum Gasteiger partial charge on any atom is 0.416 e. The quantitative estimate of drug-likeness (QED) is 0.274. The Morgan fingerprint density at radius 1 is 1.03 bits per heavy atom. The zero-order chi connectivity index (χ0) is 29.1. The number of aryl methyl sites for hydroxylation is 1. The molecule has 0 aliphatic carbocycles. The molecule has 2 aromatic carbocycles. The molecule has 0 saturated heterocycles. The van der Waals surface area contributed by atoms with Gasteiger partial charge >= 0.3 is 18.1 Å². The van der Waals surface area contributed by atoms with E-state index in [4.69, 9.17) is 9.47 Å². The van der Waals surface area contributed by atoms with Crippen molar-refractivity contribution in [2.24, 2.45) is 0 Å². The molecule has 0 saturated carbocycles. The van der Waals surface area contributed by atoms with E-state index < -0.39 is 50.5 Å². The number of esters is 2. The van der Waals surface area contributed by atoms with Crippen molar-refractivity contribution in [1.29, 1.82) is 0 Å². The fourth-order valence-electron chi connectivity index (χ4n) is 3.78. The van der Waals surface area contributed by atoms with Crippen LogP contribution in [-0.2, 0) is 25.7 Å². The average Bonchev–Trinajstić information content (AvgIpc) is 3.16. The van der Waals surface area contributed by atoms with E-state index in [0.29, 0.717) is 17.3 Å². The van der Waals surface area contributed by atoms with Gasteiger partial charge in [0.1, 0.15) is 0 Å². The predicted molar refractivity (Wildman–Crippen MR) is 134 cm³/mol. The van der Waals surface area contributed by atoms with Gasteiger partial charge in [0.15, 0.2) is 6.10 Å². The monoisotopic (exact) mass is 566 g/mol. The minimum Gasteiger partial charge on any atom is -0.462 e. The van der Waals surface area contributed by atoms with Crippen molar-refractivity contribution in [2.75, 3.05) is 11.3 Å². The topological polar surface area (TPSA) is 132 Å². The first kappa shape index (κ1) is 29.4. The first-order valence-corrected chi connectivity index (χ1v) is 13.1. The number of anilines is 1. The van der Waals surface area contributed by atoms with Crippen LogP contribution < -0.4 is 4.72 Å². The van der Waals surface area contributed by atoms with Crippen LogP contribution in [0.25, 0.3) is 0 Å². The second-order valence-electron chi connectivity index (χ2n) is 8.43. The number of aromatic nitrogens is 1. The van der Waals surface area contributed by atoms with Gasteiger partial charge in [-0.3, -0.25) is 9.52 Å². The van der Waals surface area contributed by atoms with Gasteiger partial charge in [0.05, 0.1) is 39.6 Å². The second kappa shape index (κ2) is 11.3. The van der Waals surface area contributed by atoms with Crippen molar-refractivity contribution >= 4 is 33.4 Å². The molecule has 208 valence electrons. The molecule has 1 heterocycles. The van der Waals surface area contributed by atoms with E-state index in [1.165, 1.54) is 38.1 Å². The molecular formula is C26H25F3N2O7S. The van der Waals surface area contributed by atoms with Crippen molar-refractivity contribution in [1.82, 2.24) is 4.98 Å². The van der Waals surface area contributed by atoms with E-state index in [9.17, 15) is 36.0 Å². The Labute approximate surface area is 222 Å². The number of H-pyrrole nitrogens is 1. The van der Waals surface area contributed by atoms with Crippen LogP contribution in [0.1, 0.15) is 61.9 Å². The summed E-state index contributed by atoms with van der Waals surface area (Å²) in [4.78, 5) is 40.3. The molecule has 0 aliphatic rings. The number of hydrogen-bond acceptors (Lipinski definition) is 7. The van der Waals surface area contributed by atoms with Crippen LogP contribution in [0.3, 0.4) is 0 Å². The van der Waals surface area contributed by atoms with Gasteiger partial charge in [0.2, 0.25) is 5.78 Å². The Kier molecular flexibility index (Phi) is 8.54. The van der Waals surface area contributed by atoms with E-state index in [2.05, 4.69) is 9.71 Å². The smallest absolute Gasteiger partial charge is 0.416 e. The highest BCUT2D eigenvalue weighted by Crippen LogP contribution is 2.31. The standard InChI is InChI=1S/C26H25F3N2O7S/c1-5-37-25(34)21-14(2)22(30-15(21)3)23(32)16(4)38-24(33)19-11-6-7-12-20(19)31-39(35,36)18-10-8-9-17(13-18)26(27,28)29/h6-13,16,30-31H,5H2,1-4H3/t16-/m1/s1. The fraction of sp³-hybridized carbons (Fsp3) is 0.269. The maximum absolute atomic E-state index is 13.1. The molecular weight excluding hydrogens is 541 g/mol. The number of ketones is 1. The van der Waals surface area contributed by atoms with Crippen LogP contribution in [0, 0.1) is 13.8 Å². The molecule has 3 aromatic rings. The summed E-state index contributed by atoms with van der Waals surface area (Å²) in [5.41, 5.74) is -0.778. The molecule has 0 fully saturated rings. The van der Waals surface area contributed by atoms with Gasteiger partial charge in [-0.1, -0.05) is 18.2 Å². The molecule has 9 nitrogen and oxygen atoms in total. The Bertz CT molecular complexity index is 1530. The van der Waals surface area contributed by atoms with E-state index in [0.717, 1.165) is 18.2 Å². The van der Waals surface area contributed by atoms with Crippen LogP contribution in [0.5, 0.6) is 0 Å².